The van der Waals surface area contributed by atoms with Crippen LogP contribution in [0.3, 0.4) is 0 Å². The Morgan fingerprint density at radius 1 is 1.06 bits per heavy atom. The van der Waals surface area contributed by atoms with Gasteiger partial charge in [0, 0.05) is 51.3 Å². The highest BCUT2D eigenvalue weighted by Gasteiger charge is 2.11. The van der Waals surface area contributed by atoms with Crippen molar-refractivity contribution in [3.63, 3.8) is 0 Å². The fraction of sp³-hybridized carbons (Fsp3) is 0.320. The molecule has 0 bridgehead atoms. The lowest BCUT2D eigenvalue weighted by molar-refractivity contribution is 0.238. The Bertz CT molecular complexity index is 1210. The first-order valence-corrected chi connectivity index (χ1v) is 13.5. The molecular formula is C25H32N6O2S. The van der Waals surface area contributed by atoms with Crippen molar-refractivity contribution in [1.29, 1.82) is 0 Å². The molecule has 1 aliphatic rings. The molecule has 1 unspecified atom stereocenters. The molecule has 1 aromatic heterocycles. The summed E-state index contributed by atoms with van der Waals surface area (Å²) in [5, 5.41) is 6.55. The SMILES string of the molecule is C=S(C)(=O)Nc1cccc(Nc2nc(Nc3ccc(OCCN4CCCC4)cc3)ncc2C)c1. The molecule has 3 N–H and O–H groups in total. The molecule has 1 saturated heterocycles. The second-order valence-corrected chi connectivity index (χ2v) is 10.8. The van der Waals surface area contributed by atoms with E-state index in [0.29, 0.717) is 18.4 Å². The number of aromatic nitrogens is 2. The van der Waals surface area contributed by atoms with E-state index in [9.17, 15) is 4.21 Å². The summed E-state index contributed by atoms with van der Waals surface area (Å²) in [6.07, 6.45) is 5.92. The maximum atomic E-state index is 11.9. The Hall–Kier alpha value is -3.30. The third kappa shape index (κ3) is 7.10. The van der Waals surface area contributed by atoms with Gasteiger partial charge < -0.3 is 20.1 Å². The smallest absolute Gasteiger partial charge is 0.229 e. The predicted molar refractivity (Wildman–Crippen MR) is 142 cm³/mol. The quantitative estimate of drug-likeness (QED) is 0.370. The van der Waals surface area contributed by atoms with Crippen LogP contribution >= 0.6 is 0 Å². The van der Waals surface area contributed by atoms with Crippen molar-refractivity contribution in [2.24, 2.45) is 0 Å². The standard InChI is InChI=1S/C25H32N6O2S/c1-19-18-26-25(29-24(19)27-21-7-6-8-22(17-21)30-34(2,3)32)28-20-9-11-23(12-10-20)33-16-15-31-13-4-5-14-31/h6-12,17-18H,2,4-5,13-16H2,1,3H3,(H,30,32)(H2,26,27,28,29). The van der Waals surface area contributed by atoms with Crippen LogP contribution in [-0.4, -0.2) is 57.4 Å². The third-order valence-electron chi connectivity index (χ3n) is 5.42. The zero-order valence-electron chi connectivity index (χ0n) is 19.7. The lowest BCUT2D eigenvalue weighted by Gasteiger charge is -2.15. The molecule has 1 fully saturated rings. The minimum absolute atomic E-state index is 0.486. The van der Waals surface area contributed by atoms with Crippen molar-refractivity contribution in [2.75, 3.05) is 47.9 Å². The summed E-state index contributed by atoms with van der Waals surface area (Å²) in [6, 6.07) is 15.3. The van der Waals surface area contributed by atoms with Gasteiger partial charge in [0.25, 0.3) is 0 Å². The van der Waals surface area contributed by atoms with Crippen LogP contribution < -0.4 is 20.1 Å². The molecule has 1 aliphatic heterocycles. The molecule has 2 aromatic carbocycles. The number of hydrogen-bond acceptors (Lipinski definition) is 7. The third-order valence-corrected chi connectivity index (χ3v) is 6.08. The molecule has 0 saturated carbocycles. The lowest BCUT2D eigenvalue weighted by Crippen LogP contribution is -2.25. The zero-order valence-corrected chi connectivity index (χ0v) is 20.5. The Morgan fingerprint density at radius 2 is 1.79 bits per heavy atom. The van der Waals surface area contributed by atoms with Crippen molar-refractivity contribution < 1.29 is 8.95 Å². The van der Waals surface area contributed by atoms with Crippen LogP contribution in [0.1, 0.15) is 18.4 Å². The normalized spacial score (nSPS) is 15.5. The largest absolute Gasteiger partial charge is 0.492 e. The summed E-state index contributed by atoms with van der Waals surface area (Å²) in [7, 11) is -2.35. The summed E-state index contributed by atoms with van der Waals surface area (Å²) in [5.41, 5.74) is 3.32. The molecule has 34 heavy (non-hydrogen) atoms. The topological polar surface area (TPSA) is 91.4 Å². The van der Waals surface area contributed by atoms with Crippen molar-refractivity contribution in [3.8, 4) is 5.75 Å². The summed E-state index contributed by atoms with van der Waals surface area (Å²) in [6.45, 7) is 5.97. The Labute approximate surface area is 201 Å². The number of nitrogens with one attached hydrogen (secondary N) is 3. The molecule has 1 atom stereocenters. The molecule has 9 heteroatoms. The predicted octanol–water partition coefficient (Wildman–Crippen LogP) is 4.42. The van der Waals surface area contributed by atoms with E-state index in [4.69, 9.17) is 4.74 Å². The molecule has 3 aromatic rings. The fourth-order valence-corrected chi connectivity index (χ4v) is 4.36. The van der Waals surface area contributed by atoms with E-state index in [-0.39, 0.29) is 0 Å². The highest BCUT2D eigenvalue weighted by Crippen LogP contribution is 2.24. The number of benzene rings is 2. The molecule has 180 valence electrons. The molecular weight excluding hydrogens is 448 g/mol. The summed E-state index contributed by atoms with van der Waals surface area (Å²) in [5.74, 6) is 5.66. The van der Waals surface area contributed by atoms with Gasteiger partial charge in [0.2, 0.25) is 5.95 Å². The van der Waals surface area contributed by atoms with E-state index >= 15 is 0 Å². The molecule has 0 radical (unpaired) electrons. The van der Waals surface area contributed by atoms with Crippen LogP contribution in [-0.2, 0) is 9.71 Å². The summed E-state index contributed by atoms with van der Waals surface area (Å²) < 4.78 is 20.7. The first kappa shape index (κ1) is 23.8. The van der Waals surface area contributed by atoms with Crippen molar-refractivity contribution >= 4 is 44.4 Å². The van der Waals surface area contributed by atoms with Crippen LogP contribution in [0.5, 0.6) is 5.75 Å². The fourth-order valence-electron chi connectivity index (χ4n) is 3.74. The number of hydrogen-bond donors (Lipinski definition) is 3. The number of ether oxygens (including phenoxy) is 1. The van der Waals surface area contributed by atoms with Gasteiger partial charge in [0.05, 0.1) is 0 Å². The maximum Gasteiger partial charge on any atom is 0.229 e. The summed E-state index contributed by atoms with van der Waals surface area (Å²) in [4.78, 5) is 11.5. The van der Waals surface area contributed by atoms with Gasteiger partial charge >= 0.3 is 0 Å². The van der Waals surface area contributed by atoms with Gasteiger partial charge in [-0.2, -0.15) is 4.98 Å². The minimum Gasteiger partial charge on any atom is -0.492 e. The average molecular weight is 481 g/mol. The zero-order chi connectivity index (χ0) is 24.0. The number of nitrogens with zero attached hydrogens (tertiary/aromatic N) is 3. The second-order valence-electron chi connectivity index (χ2n) is 8.58. The molecule has 8 nitrogen and oxygen atoms in total. The van der Waals surface area contributed by atoms with Crippen LogP contribution in [0.25, 0.3) is 0 Å². The van der Waals surface area contributed by atoms with E-state index in [1.807, 2.05) is 55.5 Å². The minimum atomic E-state index is -2.35. The van der Waals surface area contributed by atoms with Crippen molar-refractivity contribution in [2.45, 2.75) is 19.8 Å². The summed E-state index contributed by atoms with van der Waals surface area (Å²) >= 11 is 0. The highest BCUT2D eigenvalue weighted by molar-refractivity contribution is 8.00. The molecule has 0 aliphatic carbocycles. The Balaban J connectivity index is 1.37. The van der Waals surface area contributed by atoms with Crippen LogP contribution in [0.4, 0.5) is 28.8 Å². The monoisotopic (exact) mass is 480 g/mol. The number of rotatable bonds is 10. The van der Waals surface area contributed by atoms with Gasteiger partial charge in [-0.15, -0.1) is 0 Å². The van der Waals surface area contributed by atoms with E-state index < -0.39 is 9.71 Å². The molecule has 2 heterocycles. The Morgan fingerprint density at radius 3 is 2.53 bits per heavy atom. The van der Waals surface area contributed by atoms with Gasteiger partial charge in [0.1, 0.15) is 18.2 Å². The molecule has 4 rings (SSSR count). The number of anilines is 5. The van der Waals surface area contributed by atoms with E-state index in [0.717, 1.165) is 34.9 Å². The van der Waals surface area contributed by atoms with Gasteiger partial charge in [-0.3, -0.25) is 4.90 Å². The van der Waals surface area contributed by atoms with Crippen molar-refractivity contribution in [1.82, 2.24) is 14.9 Å². The molecule has 0 amide bonds. The van der Waals surface area contributed by atoms with Gasteiger partial charge in [-0.05, 0) is 81.2 Å². The van der Waals surface area contributed by atoms with E-state index in [1.165, 1.54) is 25.9 Å². The Kier molecular flexibility index (Phi) is 7.54. The lowest BCUT2D eigenvalue weighted by atomic mass is 10.2. The van der Waals surface area contributed by atoms with Gasteiger partial charge in [-0.25, -0.2) is 9.19 Å². The first-order chi connectivity index (χ1) is 16.3. The molecule has 0 spiro atoms. The van der Waals surface area contributed by atoms with Gasteiger partial charge in [-0.1, -0.05) is 6.07 Å². The van der Waals surface area contributed by atoms with Gasteiger partial charge in [0.15, 0.2) is 0 Å². The number of likely N-dealkylation sites (tertiary alicyclic amines) is 1. The highest BCUT2D eigenvalue weighted by atomic mass is 32.2. The maximum absolute atomic E-state index is 11.9. The first-order valence-electron chi connectivity index (χ1n) is 11.4. The number of aryl methyl sites for hydroxylation is 1. The van der Waals surface area contributed by atoms with Crippen LogP contribution in [0, 0.1) is 6.92 Å². The van der Waals surface area contributed by atoms with E-state index in [1.54, 1.807) is 12.5 Å². The van der Waals surface area contributed by atoms with Crippen molar-refractivity contribution in [3.05, 3.63) is 60.3 Å². The average Bonchev–Trinajstić information content (AvgIpc) is 3.30. The van der Waals surface area contributed by atoms with E-state index in [2.05, 4.69) is 36.1 Å². The van der Waals surface area contributed by atoms with Crippen LogP contribution in [0.2, 0.25) is 0 Å². The van der Waals surface area contributed by atoms with Crippen LogP contribution in [0.15, 0.2) is 54.7 Å². The second kappa shape index (κ2) is 10.8.